The van der Waals surface area contributed by atoms with Crippen LogP contribution in [-0.2, 0) is 0 Å². The topological polar surface area (TPSA) is 20.3 Å². The Bertz CT molecular complexity index is 424. The number of nitrogens with zero attached hydrogens (tertiary/aromatic N) is 1. The molecular weight excluding hydrogens is 361 g/mol. The Balaban J connectivity index is 2.10. The molecule has 1 unspecified atom stereocenters. The summed E-state index contributed by atoms with van der Waals surface area (Å²) in [4.78, 5) is 14.6. The summed E-state index contributed by atoms with van der Waals surface area (Å²) < 4.78 is 1.03. The number of rotatable bonds is 4. The molecule has 1 aliphatic rings. The van der Waals surface area contributed by atoms with Crippen LogP contribution in [0.25, 0.3) is 0 Å². The first kappa shape index (κ1) is 14.1. The maximum absolute atomic E-state index is 12.5. The number of carbonyl (C=O) groups excluding carboxylic acids is 1. The van der Waals surface area contributed by atoms with Gasteiger partial charge in [-0.3, -0.25) is 4.79 Å². The highest BCUT2D eigenvalue weighted by molar-refractivity contribution is 14.1. The van der Waals surface area contributed by atoms with Crippen molar-refractivity contribution >= 4 is 40.1 Å². The van der Waals surface area contributed by atoms with Crippen molar-refractivity contribution < 1.29 is 4.79 Å². The summed E-state index contributed by atoms with van der Waals surface area (Å²) in [7, 11) is 0. The molecule has 2 rings (SSSR count). The van der Waals surface area contributed by atoms with Gasteiger partial charge in [0.15, 0.2) is 0 Å². The minimum absolute atomic E-state index is 0.178. The fourth-order valence-electron chi connectivity index (χ4n) is 2.51. The van der Waals surface area contributed by atoms with Crippen molar-refractivity contribution in [3.8, 4) is 0 Å². The summed E-state index contributed by atoms with van der Waals surface area (Å²) in [5.74, 6) is 0.860. The van der Waals surface area contributed by atoms with Gasteiger partial charge in [-0.25, -0.2) is 0 Å². The van der Waals surface area contributed by atoms with E-state index in [1.807, 2.05) is 29.2 Å². The summed E-state index contributed by atoms with van der Waals surface area (Å²) >= 11 is 7.97. The van der Waals surface area contributed by atoms with Crippen molar-refractivity contribution in [2.24, 2.45) is 0 Å². The van der Waals surface area contributed by atoms with Crippen LogP contribution in [0.2, 0.25) is 0 Å². The van der Waals surface area contributed by atoms with Crippen LogP contribution in [0, 0.1) is 3.57 Å². The van der Waals surface area contributed by atoms with Crippen LogP contribution >= 0.6 is 34.2 Å². The van der Waals surface area contributed by atoms with Gasteiger partial charge in [-0.1, -0.05) is 12.1 Å². The third-order valence-corrected chi connectivity index (χ3v) is 4.62. The average Bonchev–Trinajstić information content (AvgIpc) is 2.84. The highest BCUT2D eigenvalue weighted by Gasteiger charge is 2.29. The molecule has 1 aliphatic heterocycles. The van der Waals surface area contributed by atoms with Crippen molar-refractivity contribution in [3.63, 3.8) is 0 Å². The second-order valence-corrected chi connectivity index (χ2v) is 6.15. The quantitative estimate of drug-likeness (QED) is 0.575. The van der Waals surface area contributed by atoms with E-state index in [9.17, 15) is 4.79 Å². The molecule has 0 radical (unpaired) electrons. The van der Waals surface area contributed by atoms with Gasteiger partial charge in [-0.2, -0.15) is 0 Å². The normalized spacial score (nSPS) is 19.2. The van der Waals surface area contributed by atoms with Gasteiger partial charge in [0, 0.05) is 22.0 Å². The van der Waals surface area contributed by atoms with Crippen LogP contribution < -0.4 is 0 Å². The largest absolute Gasteiger partial charge is 0.336 e. The van der Waals surface area contributed by atoms with E-state index in [4.69, 9.17) is 11.6 Å². The van der Waals surface area contributed by atoms with Crippen molar-refractivity contribution in [3.05, 3.63) is 33.4 Å². The molecule has 0 aliphatic carbocycles. The summed E-state index contributed by atoms with van der Waals surface area (Å²) in [5.41, 5.74) is 0.830. The third-order valence-electron chi connectivity index (χ3n) is 3.41. The van der Waals surface area contributed by atoms with E-state index >= 15 is 0 Å². The predicted octanol–water partition coefficient (Wildman–Crippen LogP) is 3.91. The minimum atomic E-state index is 0.178. The molecule has 1 saturated heterocycles. The maximum atomic E-state index is 12.5. The molecule has 0 spiro atoms. The van der Waals surface area contributed by atoms with Gasteiger partial charge >= 0.3 is 0 Å². The number of hydrogen-bond acceptors (Lipinski definition) is 1. The molecule has 0 aromatic heterocycles. The van der Waals surface area contributed by atoms with Crippen LogP contribution in [0.15, 0.2) is 24.3 Å². The molecule has 0 saturated carbocycles. The molecule has 4 heteroatoms. The summed E-state index contributed by atoms with van der Waals surface area (Å²) in [5, 5.41) is 0. The molecule has 1 aromatic rings. The van der Waals surface area contributed by atoms with Gasteiger partial charge < -0.3 is 4.90 Å². The number of likely N-dealkylation sites (tertiary alicyclic amines) is 1. The molecule has 1 amide bonds. The number of carbonyl (C=O) groups is 1. The number of halogens is 2. The van der Waals surface area contributed by atoms with Gasteiger partial charge in [0.05, 0.1) is 5.56 Å². The molecule has 0 N–H and O–H groups in total. The Hall–Kier alpha value is -0.290. The standard InChI is InChI=1S/C14H17ClINO/c15-9-3-5-11-6-4-10-17(11)14(18)12-7-1-2-8-13(12)16/h1-2,7-8,11H,3-6,9-10H2. The number of benzene rings is 1. The van der Waals surface area contributed by atoms with E-state index in [0.717, 1.165) is 41.4 Å². The van der Waals surface area contributed by atoms with E-state index in [1.165, 1.54) is 0 Å². The minimum Gasteiger partial charge on any atom is -0.336 e. The van der Waals surface area contributed by atoms with Crippen LogP contribution in [0.1, 0.15) is 36.0 Å². The van der Waals surface area contributed by atoms with Gasteiger partial charge in [-0.15, -0.1) is 11.6 Å². The third kappa shape index (κ3) is 3.18. The Morgan fingerprint density at radius 1 is 1.44 bits per heavy atom. The van der Waals surface area contributed by atoms with Crippen molar-refractivity contribution in [1.29, 1.82) is 0 Å². The second kappa shape index (κ2) is 6.75. The lowest BCUT2D eigenvalue weighted by Crippen LogP contribution is -2.36. The number of alkyl halides is 1. The van der Waals surface area contributed by atoms with Crippen molar-refractivity contribution in [2.75, 3.05) is 12.4 Å². The maximum Gasteiger partial charge on any atom is 0.255 e. The highest BCUT2D eigenvalue weighted by atomic mass is 127. The van der Waals surface area contributed by atoms with E-state index in [1.54, 1.807) is 0 Å². The van der Waals surface area contributed by atoms with Gasteiger partial charge in [0.1, 0.15) is 0 Å². The zero-order chi connectivity index (χ0) is 13.0. The van der Waals surface area contributed by atoms with E-state index in [-0.39, 0.29) is 5.91 Å². The van der Waals surface area contributed by atoms with E-state index in [0.29, 0.717) is 11.9 Å². The van der Waals surface area contributed by atoms with Crippen LogP contribution in [0.5, 0.6) is 0 Å². The fourth-order valence-corrected chi connectivity index (χ4v) is 3.28. The lowest BCUT2D eigenvalue weighted by Gasteiger charge is -2.25. The number of hydrogen-bond donors (Lipinski definition) is 0. The zero-order valence-electron chi connectivity index (χ0n) is 10.2. The summed E-state index contributed by atoms with van der Waals surface area (Å²) in [6.45, 7) is 0.886. The molecule has 1 heterocycles. The van der Waals surface area contributed by atoms with Gasteiger partial charge in [0.25, 0.3) is 5.91 Å². The van der Waals surface area contributed by atoms with Crippen LogP contribution in [0.4, 0.5) is 0 Å². The van der Waals surface area contributed by atoms with Crippen LogP contribution in [0.3, 0.4) is 0 Å². The lowest BCUT2D eigenvalue weighted by molar-refractivity contribution is 0.0729. The Morgan fingerprint density at radius 3 is 2.94 bits per heavy atom. The molecule has 98 valence electrons. The van der Waals surface area contributed by atoms with Crippen molar-refractivity contribution in [1.82, 2.24) is 4.90 Å². The van der Waals surface area contributed by atoms with Crippen molar-refractivity contribution in [2.45, 2.75) is 31.7 Å². The second-order valence-electron chi connectivity index (χ2n) is 4.61. The summed E-state index contributed by atoms with van der Waals surface area (Å²) in [6, 6.07) is 8.18. The van der Waals surface area contributed by atoms with Crippen LogP contribution in [-0.4, -0.2) is 29.3 Å². The first-order valence-corrected chi connectivity index (χ1v) is 7.97. The molecule has 1 fully saturated rings. The monoisotopic (exact) mass is 377 g/mol. The predicted molar refractivity (Wildman–Crippen MR) is 83.2 cm³/mol. The van der Waals surface area contributed by atoms with E-state index in [2.05, 4.69) is 22.6 Å². The van der Waals surface area contributed by atoms with E-state index < -0.39 is 0 Å². The molecule has 1 atom stereocenters. The molecule has 2 nitrogen and oxygen atoms in total. The molecular formula is C14H17ClINO. The Labute approximate surface area is 127 Å². The lowest BCUT2D eigenvalue weighted by atomic mass is 10.1. The zero-order valence-corrected chi connectivity index (χ0v) is 13.2. The fraction of sp³-hybridized carbons (Fsp3) is 0.500. The van der Waals surface area contributed by atoms with Gasteiger partial charge in [-0.05, 0) is 60.4 Å². The highest BCUT2D eigenvalue weighted by Crippen LogP contribution is 2.25. The smallest absolute Gasteiger partial charge is 0.255 e. The molecule has 1 aromatic carbocycles. The number of amides is 1. The Morgan fingerprint density at radius 2 is 2.22 bits per heavy atom. The first-order valence-electron chi connectivity index (χ1n) is 6.35. The van der Waals surface area contributed by atoms with Gasteiger partial charge in [0.2, 0.25) is 0 Å². The SMILES string of the molecule is O=C(c1ccccc1I)N1CCCC1CCCCl. The average molecular weight is 378 g/mol. The first-order chi connectivity index (χ1) is 8.74. The molecule has 18 heavy (non-hydrogen) atoms. The Kier molecular flexibility index (Phi) is 5.30. The molecule has 0 bridgehead atoms. The summed E-state index contributed by atoms with van der Waals surface area (Å²) in [6.07, 6.45) is 4.24.